The fourth-order valence-electron chi connectivity index (χ4n) is 3.80. The first-order chi connectivity index (χ1) is 11.2. The summed E-state index contributed by atoms with van der Waals surface area (Å²) in [6.45, 7) is 11.9. The number of carbonyl (C=O) groups is 2. The number of amides is 2. The van der Waals surface area contributed by atoms with Crippen molar-refractivity contribution in [2.45, 2.75) is 72.8 Å². The molecule has 1 aliphatic carbocycles. The lowest BCUT2D eigenvalue weighted by molar-refractivity contribution is 0.0624. The Hall–Kier alpha value is -1.46. The zero-order valence-electron chi connectivity index (χ0n) is 15.9. The van der Waals surface area contributed by atoms with E-state index in [4.69, 9.17) is 9.47 Å². The Bertz CT molecular complexity index is 425. The standard InChI is InChI=1S/C18H34N2O4/c1-6-8-23-15(21)19-13-18(5)11-14(10-17(3,4)12-18)20-16(22)24-9-7-2/h14H,6-13H2,1-5H3,(H,19,21)(H,20,22). The zero-order chi connectivity index (χ0) is 18.2. The number of carbonyl (C=O) groups excluding carboxylic acids is 2. The summed E-state index contributed by atoms with van der Waals surface area (Å²) in [5.74, 6) is 0. The van der Waals surface area contributed by atoms with E-state index in [1.807, 2.05) is 13.8 Å². The van der Waals surface area contributed by atoms with Gasteiger partial charge in [-0.15, -0.1) is 0 Å². The van der Waals surface area contributed by atoms with Crippen LogP contribution in [0.15, 0.2) is 0 Å². The van der Waals surface area contributed by atoms with E-state index in [0.29, 0.717) is 19.8 Å². The molecule has 0 aromatic rings. The van der Waals surface area contributed by atoms with Crippen molar-refractivity contribution in [3.8, 4) is 0 Å². The van der Waals surface area contributed by atoms with Gasteiger partial charge in [0.25, 0.3) is 0 Å². The molecule has 0 aromatic heterocycles. The molecule has 1 aliphatic rings. The largest absolute Gasteiger partial charge is 0.450 e. The van der Waals surface area contributed by atoms with Gasteiger partial charge in [-0.3, -0.25) is 0 Å². The van der Waals surface area contributed by atoms with Crippen LogP contribution in [0.2, 0.25) is 0 Å². The fraction of sp³-hybridized carbons (Fsp3) is 0.889. The first kappa shape index (κ1) is 20.6. The van der Waals surface area contributed by atoms with E-state index in [-0.39, 0.29) is 29.1 Å². The van der Waals surface area contributed by atoms with E-state index in [1.165, 1.54) is 0 Å². The van der Waals surface area contributed by atoms with Gasteiger partial charge >= 0.3 is 12.2 Å². The number of ether oxygens (including phenoxy) is 2. The summed E-state index contributed by atoms with van der Waals surface area (Å²) in [6, 6.07) is 0.0524. The maximum absolute atomic E-state index is 11.9. The Morgan fingerprint density at radius 1 is 1.00 bits per heavy atom. The Balaban J connectivity index is 2.59. The molecular formula is C18H34N2O4. The van der Waals surface area contributed by atoms with Gasteiger partial charge in [0.05, 0.1) is 13.2 Å². The monoisotopic (exact) mass is 342 g/mol. The summed E-state index contributed by atoms with van der Waals surface area (Å²) in [6.07, 6.45) is 3.60. The average molecular weight is 342 g/mol. The first-order valence-electron chi connectivity index (χ1n) is 9.03. The van der Waals surface area contributed by atoms with Gasteiger partial charge in [-0.25, -0.2) is 9.59 Å². The van der Waals surface area contributed by atoms with Crippen molar-refractivity contribution in [2.24, 2.45) is 10.8 Å². The Morgan fingerprint density at radius 3 is 2.17 bits per heavy atom. The van der Waals surface area contributed by atoms with E-state index < -0.39 is 0 Å². The molecule has 2 unspecified atom stereocenters. The lowest BCUT2D eigenvalue weighted by Gasteiger charge is -2.46. The molecule has 0 radical (unpaired) electrons. The maximum Gasteiger partial charge on any atom is 0.407 e. The van der Waals surface area contributed by atoms with Crippen LogP contribution in [0.25, 0.3) is 0 Å². The lowest BCUT2D eigenvalue weighted by atomic mass is 9.62. The Labute approximate surface area is 146 Å². The van der Waals surface area contributed by atoms with Crippen molar-refractivity contribution in [1.29, 1.82) is 0 Å². The highest BCUT2D eigenvalue weighted by Crippen LogP contribution is 2.45. The molecule has 2 atom stereocenters. The SMILES string of the molecule is CCCOC(=O)NCC1(C)CC(NC(=O)OCCC)CC(C)(C)C1. The minimum atomic E-state index is -0.367. The molecule has 1 saturated carbocycles. The van der Waals surface area contributed by atoms with Gasteiger partial charge in [0, 0.05) is 12.6 Å². The van der Waals surface area contributed by atoms with E-state index in [0.717, 1.165) is 32.1 Å². The summed E-state index contributed by atoms with van der Waals surface area (Å²) in [7, 11) is 0. The fourth-order valence-corrected chi connectivity index (χ4v) is 3.80. The van der Waals surface area contributed by atoms with Crippen molar-refractivity contribution in [3.05, 3.63) is 0 Å². The summed E-state index contributed by atoms with van der Waals surface area (Å²) in [5, 5.41) is 5.85. The van der Waals surface area contributed by atoms with Crippen LogP contribution in [0.5, 0.6) is 0 Å². The number of hydrogen-bond donors (Lipinski definition) is 2. The molecule has 0 bridgehead atoms. The molecule has 140 valence electrons. The van der Waals surface area contributed by atoms with E-state index in [9.17, 15) is 9.59 Å². The zero-order valence-corrected chi connectivity index (χ0v) is 15.9. The van der Waals surface area contributed by atoms with Crippen molar-refractivity contribution in [2.75, 3.05) is 19.8 Å². The van der Waals surface area contributed by atoms with Gasteiger partial charge in [-0.1, -0.05) is 34.6 Å². The summed E-state index contributed by atoms with van der Waals surface area (Å²) >= 11 is 0. The van der Waals surface area contributed by atoms with Crippen molar-refractivity contribution < 1.29 is 19.1 Å². The molecule has 0 aromatic carbocycles. The average Bonchev–Trinajstić information content (AvgIpc) is 2.47. The predicted molar refractivity (Wildman–Crippen MR) is 93.9 cm³/mol. The molecule has 2 amide bonds. The molecule has 0 heterocycles. The van der Waals surface area contributed by atoms with Crippen molar-refractivity contribution in [3.63, 3.8) is 0 Å². The highest BCUT2D eigenvalue weighted by Gasteiger charge is 2.42. The van der Waals surface area contributed by atoms with Crippen LogP contribution in [0.1, 0.15) is 66.7 Å². The van der Waals surface area contributed by atoms with Gasteiger partial charge in [-0.05, 0) is 42.9 Å². The smallest absolute Gasteiger partial charge is 0.407 e. The highest BCUT2D eigenvalue weighted by atomic mass is 16.6. The summed E-state index contributed by atoms with van der Waals surface area (Å²) in [4.78, 5) is 23.6. The van der Waals surface area contributed by atoms with Gasteiger partial charge in [-0.2, -0.15) is 0 Å². The predicted octanol–water partition coefficient (Wildman–Crippen LogP) is 3.84. The van der Waals surface area contributed by atoms with Gasteiger partial charge < -0.3 is 20.1 Å². The molecule has 2 N–H and O–H groups in total. The minimum Gasteiger partial charge on any atom is -0.450 e. The van der Waals surface area contributed by atoms with Crippen LogP contribution < -0.4 is 10.6 Å². The minimum absolute atomic E-state index is 0.0524. The Morgan fingerprint density at radius 2 is 1.58 bits per heavy atom. The number of hydrogen-bond acceptors (Lipinski definition) is 4. The maximum atomic E-state index is 11.9. The Kier molecular flexibility index (Phi) is 7.84. The topological polar surface area (TPSA) is 76.7 Å². The normalized spacial score (nSPS) is 25.6. The van der Waals surface area contributed by atoms with Crippen LogP contribution in [0.3, 0.4) is 0 Å². The van der Waals surface area contributed by atoms with Crippen LogP contribution in [-0.4, -0.2) is 38.0 Å². The molecule has 1 rings (SSSR count). The van der Waals surface area contributed by atoms with Crippen LogP contribution in [-0.2, 0) is 9.47 Å². The highest BCUT2D eigenvalue weighted by molar-refractivity contribution is 5.68. The van der Waals surface area contributed by atoms with Crippen molar-refractivity contribution in [1.82, 2.24) is 10.6 Å². The summed E-state index contributed by atoms with van der Waals surface area (Å²) in [5.41, 5.74) is 0.000391. The molecule has 6 nitrogen and oxygen atoms in total. The molecule has 1 fully saturated rings. The van der Waals surface area contributed by atoms with Crippen molar-refractivity contribution >= 4 is 12.2 Å². The first-order valence-corrected chi connectivity index (χ1v) is 9.03. The number of alkyl carbamates (subject to hydrolysis) is 2. The van der Waals surface area contributed by atoms with Gasteiger partial charge in [0.1, 0.15) is 0 Å². The lowest BCUT2D eigenvalue weighted by Crippen LogP contribution is -2.50. The molecule has 0 aliphatic heterocycles. The quantitative estimate of drug-likeness (QED) is 0.737. The molecule has 0 spiro atoms. The third kappa shape index (κ3) is 7.41. The van der Waals surface area contributed by atoms with E-state index in [2.05, 4.69) is 31.4 Å². The van der Waals surface area contributed by atoms with Crippen LogP contribution in [0.4, 0.5) is 9.59 Å². The third-order valence-electron chi connectivity index (χ3n) is 4.30. The van der Waals surface area contributed by atoms with Gasteiger partial charge in [0.2, 0.25) is 0 Å². The number of rotatable bonds is 7. The molecule has 0 saturated heterocycles. The molecule has 6 heteroatoms. The number of nitrogens with one attached hydrogen (secondary N) is 2. The van der Waals surface area contributed by atoms with E-state index >= 15 is 0 Å². The second-order valence-electron chi connectivity index (χ2n) is 8.03. The second-order valence-corrected chi connectivity index (χ2v) is 8.03. The molecular weight excluding hydrogens is 308 g/mol. The second kappa shape index (κ2) is 9.14. The van der Waals surface area contributed by atoms with E-state index in [1.54, 1.807) is 0 Å². The van der Waals surface area contributed by atoms with Gasteiger partial charge in [0.15, 0.2) is 0 Å². The third-order valence-corrected chi connectivity index (χ3v) is 4.30. The van der Waals surface area contributed by atoms with Crippen LogP contribution >= 0.6 is 0 Å². The molecule has 24 heavy (non-hydrogen) atoms. The summed E-state index contributed by atoms with van der Waals surface area (Å²) < 4.78 is 10.2. The van der Waals surface area contributed by atoms with Crippen LogP contribution in [0, 0.1) is 10.8 Å².